The van der Waals surface area contributed by atoms with Gasteiger partial charge in [0.1, 0.15) is 11.4 Å². The Bertz CT molecular complexity index is 1080. The van der Waals surface area contributed by atoms with Gasteiger partial charge in [-0.15, -0.1) is 11.3 Å². The van der Waals surface area contributed by atoms with Crippen molar-refractivity contribution < 1.29 is 27.3 Å². The lowest BCUT2D eigenvalue weighted by molar-refractivity contribution is -0.385. The number of carbonyl (C=O) groups excluding carboxylic acids is 1. The minimum absolute atomic E-state index is 0.349. The van der Waals surface area contributed by atoms with Crippen LogP contribution in [0.25, 0.3) is 10.2 Å². The predicted molar refractivity (Wildman–Crippen MR) is 90.4 cm³/mol. The van der Waals surface area contributed by atoms with Crippen LogP contribution in [0.2, 0.25) is 0 Å². The number of hydrogen-bond donors (Lipinski definition) is 1. The van der Waals surface area contributed by atoms with Crippen molar-refractivity contribution in [3.63, 3.8) is 0 Å². The maximum absolute atomic E-state index is 13.3. The Morgan fingerprint density at radius 1 is 1.26 bits per heavy atom. The average Bonchev–Trinajstić information content (AvgIpc) is 2.93. The average molecular weight is 399 g/mol. The number of thiazole rings is 1. The fraction of sp³-hybridized carbons (Fsp3) is 0.125. The van der Waals surface area contributed by atoms with Crippen molar-refractivity contribution in [3.8, 4) is 0 Å². The second-order valence-electron chi connectivity index (χ2n) is 5.47. The number of amides is 1. The number of benzene rings is 2. The summed E-state index contributed by atoms with van der Waals surface area (Å²) in [6.07, 6.45) is -4.95. The lowest BCUT2D eigenvalue weighted by Crippen LogP contribution is -2.15. The monoisotopic (exact) mass is 399 g/mol. The quantitative estimate of drug-likeness (QED) is 0.385. The van der Waals surface area contributed by atoms with Gasteiger partial charge in [0.25, 0.3) is 11.6 Å². The third-order valence-corrected chi connectivity index (χ3v) is 4.52. The molecule has 0 aliphatic carbocycles. The molecule has 0 saturated heterocycles. The number of carbonyl (C=O) groups is 1. The molecule has 2 aromatic carbocycles. The first-order valence-corrected chi connectivity index (χ1v) is 8.11. The number of aryl methyl sites for hydroxylation is 1. The molecular weight excluding hydrogens is 390 g/mol. The number of fused-ring (bicyclic) bond motifs is 1. The summed E-state index contributed by atoms with van der Waals surface area (Å²) in [5, 5.41) is 14.0. The van der Waals surface area contributed by atoms with Crippen LogP contribution in [0.15, 0.2) is 30.3 Å². The van der Waals surface area contributed by atoms with E-state index in [0.717, 1.165) is 6.07 Å². The lowest BCUT2D eigenvalue weighted by Gasteiger charge is -2.11. The predicted octanol–water partition coefficient (Wildman–Crippen LogP) is 4.92. The minimum atomic E-state index is -4.95. The summed E-state index contributed by atoms with van der Waals surface area (Å²) in [6, 6.07) is 4.28. The second-order valence-corrected chi connectivity index (χ2v) is 6.71. The van der Waals surface area contributed by atoms with Crippen LogP contribution in [0.1, 0.15) is 20.9 Å². The summed E-state index contributed by atoms with van der Waals surface area (Å²) in [6.45, 7) is 1.69. The van der Waals surface area contributed by atoms with Crippen LogP contribution in [0, 0.1) is 22.9 Å². The molecule has 0 fully saturated rings. The molecule has 1 aromatic heterocycles. The van der Waals surface area contributed by atoms with Crippen molar-refractivity contribution in [2.75, 3.05) is 5.32 Å². The Kier molecular flexibility index (Phi) is 4.56. The zero-order valence-electron chi connectivity index (χ0n) is 13.4. The highest BCUT2D eigenvalue weighted by Gasteiger charge is 2.34. The third kappa shape index (κ3) is 3.72. The van der Waals surface area contributed by atoms with E-state index >= 15 is 0 Å². The van der Waals surface area contributed by atoms with E-state index in [4.69, 9.17) is 0 Å². The van der Waals surface area contributed by atoms with E-state index in [1.807, 2.05) is 0 Å². The van der Waals surface area contributed by atoms with Crippen LogP contribution in [-0.4, -0.2) is 15.8 Å². The summed E-state index contributed by atoms with van der Waals surface area (Å²) in [7, 11) is 0. The topological polar surface area (TPSA) is 85.1 Å². The van der Waals surface area contributed by atoms with Gasteiger partial charge in [-0.05, 0) is 31.2 Å². The van der Waals surface area contributed by atoms with Crippen LogP contribution in [0.5, 0.6) is 0 Å². The van der Waals surface area contributed by atoms with E-state index in [9.17, 15) is 32.5 Å². The van der Waals surface area contributed by atoms with Gasteiger partial charge < -0.3 is 5.32 Å². The van der Waals surface area contributed by atoms with Crippen LogP contribution in [-0.2, 0) is 6.18 Å². The highest BCUT2D eigenvalue weighted by Crippen LogP contribution is 2.34. The molecule has 1 N–H and O–H groups in total. The molecule has 3 aromatic rings. The highest BCUT2D eigenvalue weighted by atomic mass is 32.1. The van der Waals surface area contributed by atoms with Crippen molar-refractivity contribution in [2.24, 2.45) is 0 Å². The van der Waals surface area contributed by atoms with Gasteiger partial charge in [0.05, 0.1) is 25.7 Å². The maximum atomic E-state index is 13.3. The zero-order chi connectivity index (χ0) is 19.9. The molecule has 1 heterocycles. The Balaban J connectivity index is 2.01. The van der Waals surface area contributed by atoms with Crippen molar-refractivity contribution in [3.05, 3.63) is 62.4 Å². The number of nitrogens with one attached hydrogen (secondary N) is 1. The SMILES string of the molecule is Cc1nc2cc(C(=O)Nc3ccc(F)c(C(F)(F)F)c3)c([N+](=O)[O-])cc2s1. The van der Waals surface area contributed by atoms with Gasteiger partial charge >= 0.3 is 6.18 Å². The normalized spacial score (nSPS) is 11.6. The molecule has 0 bridgehead atoms. The Hall–Kier alpha value is -3.08. The van der Waals surface area contributed by atoms with E-state index in [-0.39, 0.29) is 11.3 Å². The molecule has 0 atom stereocenters. The number of anilines is 1. The van der Waals surface area contributed by atoms with Gasteiger partial charge in [-0.25, -0.2) is 9.37 Å². The van der Waals surface area contributed by atoms with Crippen molar-refractivity contribution in [1.29, 1.82) is 0 Å². The summed E-state index contributed by atoms with van der Waals surface area (Å²) in [4.78, 5) is 27.1. The Morgan fingerprint density at radius 2 is 1.96 bits per heavy atom. The molecule has 27 heavy (non-hydrogen) atoms. The molecule has 1 amide bonds. The molecular formula is C16H9F4N3O3S. The van der Waals surface area contributed by atoms with Crippen molar-refractivity contribution >= 4 is 38.8 Å². The number of nitrogens with zero attached hydrogens (tertiary/aromatic N) is 2. The first-order valence-electron chi connectivity index (χ1n) is 7.30. The van der Waals surface area contributed by atoms with Crippen molar-refractivity contribution in [1.82, 2.24) is 4.98 Å². The number of alkyl halides is 3. The van der Waals surface area contributed by atoms with Crippen LogP contribution >= 0.6 is 11.3 Å². The minimum Gasteiger partial charge on any atom is -0.322 e. The zero-order valence-corrected chi connectivity index (χ0v) is 14.2. The van der Waals surface area contributed by atoms with Gasteiger partial charge in [-0.3, -0.25) is 14.9 Å². The Morgan fingerprint density at radius 3 is 2.59 bits per heavy atom. The fourth-order valence-electron chi connectivity index (χ4n) is 2.43. The van der Waals surface area contributed by atoms with Crippen molar-refractivity contribution in [2.45, 2.75) is 13.1 Å². The largest absolute Gasteiger partial charge is 0.419 e. The number of aromatic nitrogens is 1. The molecule has 0 radical (unpaired) electrons. The van der Waals surface area contributed by atoms with E-state index in [1.54, 1.807) is 6.92 Å². The number of nitro groups is 1. The second kappa shape index (κ2) is 6.58. The summed E-state index contributed by atoms with van der Waals surface area (Å²) in [5.74, 6) is -2.50. The first-order chi connectivity index (χ1) is 12.6. The summed E-state index contributed by atoms with van der Waals surface area (Å²) in [5.41, 5.74) is -2.43. The number of hydrogen-bond acceptors (Lipinski definition) is 5. The smallest absolute Gasteiger partial charge is 0.322 e. The number of nitro benzene ring substituents is 1. The fourth-order valence-corrected chi connectivity index (χ4v) is 3.27. The lowest BCUT2D eigenvalue weighted by atomic mass is 10.1. The molecule has 0 aliphatic rings. The van der Waals surface area contributed by atoms with Gasteiger partial charge in [-0.2, -0.15) is 13.2 Å². The number of rotatable bonds is 3. The molecule has 0 spiro atoms. The molecule has 0 saturated carbocycles. The van der Waals surface area contributed by atoms with Gasteiger partial charge in [-0.1, -0.05) is 0 Å². The Labute approximate surface area is 152 Å². The van der Waals surface area contributed by atoms with Gasteiger partial charge in [0, 0.05) is 11.8 Å². The van der Waals surface area contributed by atoms with Crippen LogP contribution < -0.4 is 5.32 Å². The van der Waals surface area contributed by atoms with E-state index in [1.165, 1.54) is 23.5 Å². The van der Waals surface area contributed by atoms with E-state index < -0.39 is 34.1 Å². The van der Waals surface area contributed by atoms with Gasteiger partial charge in [0.2, 0.25) is 0 Å². The molecule has 11 heteroatoms. The van der Waals surface area contributed by atoms with E-state index in [2.05, 4.69) is 10.3 Å². The standard InChI is InChI=1S/C16H9F4N3O3S/c1-7-21-12-5-9(13(23(25)26)6-14(12)27-7)15(24)22-8-2-3-11(17)10(4-8)16(18,19)20/h2-6H,1H3,(H,22,24). The van der Waals surface area contributed by atoms with Crippen LogP contribution in [0.3, 0.4) is 0 Å². The molecule has 6 nitrogen and oxygen atoms in total. The summed E-state index contributed by atoms with van der Waals surface area (Å²) < 4.78 is 52.2. The third-order valence-electron chi connectivity index (χ3n) is 3.58. The van der Waals surface area contributed by atoms with Crippen LogP contribution in [0.4, 0.5) is 28.9 Å². The molecule has 3 rings (SSSR count). The first kappa shape index (κ1) is 18.7. The summed E-state index contributed by atoms with van der Waals surface area (Å²) >= 11 is 1.20. The molecule has 140 valence electrons. The highest BCUT2D eigenvalue weighted by molar-refractivity contribution is 7.18. The van der Waals surface area contributed by atoms with E-state index in [0.29, 0.717) is 27.4 Å². The molecule has 0 unspecified atom stereocenters. The molecule has 0 aliphatic heterocycles. The van der Waals surface area contributed by atoms with Gasteiger partial charge in [0.15, 0.2) is 0 Å². The maximum Gasteiger partial charge on any atom is 0.419 e. The number of halogens is 4.